The quantitative estimate of drug-likeness (QED) is 0.198. The van der Waals surface area contributed by atoms with Crippen LogP contribution in [0.4, 0.5) is 19.0 Å². The van der Waals surface area contributed by atoms with Gasteiger partial charge in [0.1, 0.15) is 24.5 Å². The van der Waals surface area contributed by atoms with Crippen LogP contribution in [0.5, 0.6) is 0 Å². The molecule has 1 aliphatic rings. The van der Waals surface area contributed by atoms with E-state index in [9.17, 15) is 18.0 Å². The Kier molecular flexibility index (Phi) is 8.64. The number of nitrogens with one attached hydrogen (secondary N) is 1. The van der Waals surface area contributed by atoms with Gasteiger partial charge in [-0.3, -0.25) is 14.5 Å². The highest BCUT2D eigenvalue weighted by atomic mass is 28.3. The van der Waals surface area contributed by atoms with E-state index < -0.39 is 33.1 Å². The molecular weight excluding hydrogens is 565 g/mol. The summed E-state index contributed by atoms with van der Waals surface area (Å²) < 4.78 is 47.8. The maximum atomic E-state index is 13.1. The molecule has 0 radical (unpaired) electrons. The van der Waals surface area contributed by atoms with Crippen LogP contribution in [-0.4, -0.2) is 69.2 Å². The van der Waals surface area contributed by atoms with Gasteiger partial charge in [-0.1, -0.05) is 19.6 Å². The molecule has 1 aliphatic heterocycles. The van der Waals surface area contributed by atoms with Gasteiger partial charge in [-0.2, -0.15) is 18.3 Å². The molecule has 0 fully saturated rings. The lowest BCUT2D eigenvalue weighted by Crippen LogP contribution is -2.34. The predicted molar refractivity (Wildman–Crippen MR) is 155 cm³/mol. The summed E-state index contributed by atoms with van der Waals surface area (Å²) in [6.07, 6.45) is 1.92. The number of anilines is 1. The molecule has 5 rings (SSSR count). The summed E-state index contributed by atoms with van der Waals surface area (Å²) in [4.78, 5) is 28.3. The largest absolute Gasteiger partial charge is 0.390 e. The number of alkyl halides is 3. The zero-order valence-electron chi connectivity index (χ0n) is 24.0. The highest BCUT2D eigenvalue weighted by Gasteiger charge is 2.31. The first-order valence-corrected chi connectivity index (χ1v) is 17.6. The van der Waals surface area contributed by atoms with E-state index in [0.29, 0.717) is 45.0 Å². The van der Waals surface area contributed by atoms with E-state index in [1.54, 1.807) is 17.1 Å². The van der Waals surface area contributed by atoms with E-state index in [0.717, 1.165) is 34.2 Å². The van der Waals surface area contributed by atoms with Gasteiger partial charge in [0.05, 0.1) is 18.4 Å². The smallest absolute Gasteiger partial charge is 0.361 e. The van der Waals surface area contributed by atoms with Crippen LogP contribution in [0.3, 0.4) is 0 Å². The molecule has 224 valence electrons. The summed E-state index contributed by atoms with van der Waals surface area (Å²) in [7, 11) is -1.20. The molecule has 0 aliphatic carbocycles. The Morgan fingerprint density at radius 2 is 1.93 bits per heavy atom. The molecule has 1 N–H and O–H groups in total. The first kappa shape index (κ1) is 29.7. The number of rotatable bonds is 11. The second-order valence-corrected chi connectivity index (χ2v) is 17.3. The lowest BCUT2D eigenvalue weighted by Gasteiger charge is -2.29. The molecular formula is C28H35F3N8O2Si. The molecule has 0 saturated heterocycles. The Hall–Kier alpha value is -3.78. The van der Waals surface area contributed by atoms with Crippen molar-refractivity contribution in [1.29, 1.82) is 0 Å². The minimum atomic E-state index is -4.36. The highest BCUT2D eigenvalue weighted by Crippen LogP contribution is 2.31. The van der Waals surface area contributed by atoms with Crippen molar-refractivity contribution in [2.24, 2.45) is 0 Å². The molecule has 0 aromatic carbocycles. The number of nitrogens with zero attached hydrogens (tertiary/aromatic N) is 7. The van der Waals surface area contributed by atoms with E-state index in [4.69, 9.17) is 4.74 Å². The molecule has 0 saturated carbocycles. The highest BCUT2D eigenvalue weighted by molar-refractivity contribution is 6.76. The van der Waals surface area contributed by atoms with Crippen LogP contribution < -0.4 is 10.2 Å². The van der Waals surface area contributed by atoms with Gasteiger partial charge in [0, 0.05) is 70.6 Å². The third-order valence-corrected chi connectivity index (χ3v) is 8.89. The number of hydrogen-bond donors (Lipinski definition) is 1. The molecule has 10 nitrogen and oxygen atoms in total. The van der Waals surface area contributed by atoms with Crippen molar-refractivity contribution in [3.63, 3.8) is 0 Å². The Labute approximate surface area is 242 Å². The van der Waals surface area contributed by atoms with E-state index in [2.05, 4.69) is 49.9 Å². The normalized spacial score (nSPS) is 13.9. The zero-order valence-corrected chi connectivity index (χ0v) is 25.0. The fourth-order valence-corrected chi connectivity index (χ4v) is 5.69. The molecule has 4 aromatic heterocycles. The Bertz CT molecular complexity index is 1530. The van der Waals surface area contributed by atoms with Crippen molar-refractivity contribution in [3.8, 4) is 0 Å². The third kappa shape index (κ3) is 7.16. The van der Waals surface area contributed by atoms with Crippen LogP contribution in [0.15, 0.2) is 43.1 Å². The molecule has 0 unspecified atom stereocenters. The Morgan fingerprint density at radius 3 is 2.67 bits per heavy atom. The van der Waals surface area contributed by atoms with E-state index in [1.165, 1.54) is 6.33 Å². The van der Waals surface area contributed by atoms with Crippen LogP contribution >= 0.6 is 0 Å². The summed E-state index contributed by atoms with van der Waals surface area (Å²) in [5, 5.41) is 7.84. The van der Waals surface area contributed by atoms with Crippen molar-refractivity contribution < 1.29 is 22.7 Å². The molecule has 0 bridgehead atoms. The average Bonchev–Trinajstić information content (AvgIpc) is 3.51. The first-order valence-electron chi connectivity index (χ1n) is 13.9. The Balaban J connectivity index is 1.39. The molecule has 0 atom stereocenters. The number of pyridine rings is 1. The van der Waals surface area contributed by atoms with Gasteiger partial charge >= 0.3 is 6.18 Å². The average molecular weight is 601 g/mol. The molecule has 1 amide bonds. The van der Waals surface area contributed by atoms with Gasteiger partial charge in [0.15, 0.2) is 5.69 Å². The van der Waals surface area contributed by atoms with E-state index in [-0.39, 0.29) is 5.69 Å². The maximum Gasteiger partial charge on any atom is 0.390 e. The van der Waals surface area contributed by atoms with Crippen LogP contribution in [0.2, 0.25) is 25.7 Å². The lowest BCUT2D eigenvalue weighted by atomic mass is 10.0. The lowest BCUT2D eigenvalue weighted by molar-refractivity contribution is -0.133. The van der Waals surface area contributed by atoms with Gasteiger partial charge in [-0.05, 0) is 29.8 Å². The fraction of sp³-hybridized carbons (Fsp3) is 0.464. The minimum absolute atomic E-state index is 0.129. The second-order valence-electron chi connectivity index (χ2n) is 11.6. The number of ether oxygens (including phenoxy) is 1. The van der Waals surface area contributed by atoms with Crippen molar-refractivity contribution >= 4 is 30.8 Å². The number of halogens is 3. The van der Waals surface area contributed by atoms with E-state index >= 15 is 0 Å². The first-order chi connectivity index (χ1) is 20.0. The molecule has 14 heteroatoms. The number of carbonyl (C=O) groups is 1. The van der Waals surface area contributed by atoms with Crippen molar-refractivity contribution in [2.75, 3.05) is 24.6 Å². The van der Waals surface area contributed by atoms with Crippen LogP contribution in [0.25, 0.3) is 11.0 Å². The maximum absolute atomic E-state index is 13.1. The molecule has 5 heterocycles. The van der Waals surface area contributed by atoms with Gasteiger partial charge in [0.2, 0.25) is 0 Å². The summed E-state index contributed by atoms with van der Waals surface area (Å²) in [5.74, 6) is 0.0945. The van der Waals surface area contributed by atoms with Gasteiger partial charge in [0.25, 0.3) is 5.91 Å². The SMILES string of the molecule is C[Si](C)(C)CCOCn1ccc2c(N3CCc4c(c(C(=O)NCCC(F)(F)F)nn4Cc4ccncc4)C3)ncnc21. The zero-order chi connectivity index (χ0) is 29.9. The predicted octanol–water partition coefficient (Wildman–Crippen LogP) is 4.63. The van der Waals surface area contributed by atoms with Gasteiger partial charge in [-0.25, -0.2) is 9.97 Å². The van der Waals surface area contributed by atoms with Crippen LogP contribution in [0.1, 0.15) is 33.7 Å². The van der Waals surface area contributed by atoms with Crippen molar-refractivity contribution in [1.82, 2.24) is 34.6 Å². The van der Waals surface area contributed by atoms with Gasteiger partial charge in [-0.15, -0.1) is 0 Å². The molecule has 0 spiro atoms. The van der Waals surface area contributed by atoms with Crippen molar-refractivity contribution in [3.05, 3.63) is 65.6 Å². The number of amides is 1. The Morgan fingerprint density at radius 1 is 1.14 bits per heavy atom. The number of carbonyl (C=O) groups excluding carboxylic acids is 1. The second kappa shape index (κ2) is 12.2. The monoisotopic (exact) mass is 600 g/mol. The van der Waals surface area contributed by atoms with E-state index in [1.807, 2.05) is 29.0 Å². The van der Waals surface area contributed by atoms with Crippen LogP contribution in [-0.2, 0) is 31.0 Å². The molecule has 42 heavy (non-hydrogen) atoms. The van der Waals surface area contributed by atoms with Crippen LogP contribution in [0, 0.1) is 0 Å². The summed E-state index contributed by atoms with van der Waals surface area (Å²) >= 11 is 0. The fourth-order valence-electron chi connectivity index (χ4n) is 4.94. The standard InChI is InChI=1S/C28H35F3N8O2Si/c1-42(2,3)15-14-41-19-38-12-6-21-25(34-18-35-26(21)38)37-13-7-23-22(17-37)24(27(40)33-11-8-28(29,30)31)36-39(23)16-20-4-9-32-10-5-20/h4-6,9-10,12,18H,7-8,11,13-17,19H2,1-3H3,(H,33,40). The number of hydrogen-bond acceptors (Lipinski definition) is 7. The number of aromatic nitrogens is 6. The van der Waals surface area contributed by atoms with Gasteiger partial charge < -0.3 is 19.5 Å². The third-order valence-electron chi connectivity index (χ3n) is 7.19. The summed E-state index contributed by atoms with van der Waals surface area (Å²) in [5.41, 5.74) is 3.39. The number of fused-ring (bicyclic) bond motifs is 2. The van der Waals surface area contributed by atoms with Crippen molar-refractivity contribution in [2.45, 2.75) is 64.5 Å². The topological polar surface area (TPSA) is 103 Å². The summed E-state index contributed by atoms with van der Waals surface area (Å²) in [6, 6.07) is 6.76. The minimum Gasteiger partial charge on any atom is -0.361 e. The summed E-state index contributed by atoms with van der Waals surface area (Å²) in [6.45, 7) is 8.86. The molecule has 4 aromatic rings.